The fourth-order valence-electron chi connectivity index (χ4n) is 2.32. The molecular weight excluding hydrogens is 246 g/mol. The Hall–Kier alpha value is -1.88. The van der Waals surface area contributed by atoms with E-state index in [1.807, 2.05) is 17.0 Å². The zero-order valence-electron chi connectivity index (χ0n) is 11.1. The van der Waals surface area contributed by atoms with Gasteiger partial charge in [-0.2, -0.15) is 0 Å². The molecule has 0 bridgehead atoms. The second-order valence-corrected chi connectivity index (χ2v) is 4.47. The molecule has 0 aromatic heterocycles. The molecule has 0 saturated heterocycles. The van der Waals surface area contributed by atoms with Crippen molar-refractivity contribution < 1.29 is 19.1 Å². The lowest BCUT2D eigenvalue weighted by atomic mass is 9.95. The van der Waals surface area contributed by atoms with Crippen molar-refractivity contribution in [1.29, 1.82) is 0 Å². The number of esters is 2. The predicted molar refractivity (Wildman–Crippen MR) is 68.8 cm³/mol. The molecule has 0 atom stereocenters. The van der Waals surface area contributed by atoms with Crippen LogP contribution in [-0.4, -0.2) is 44.1 Å². The van der Waals surface area contributed by atoms with E-state index in [2.05, 4.69) is 4.74 Å². The predicted octanol–water partition coefficient (Wildman–Crippen LogP) is 1.00. The molecule has 1 aliphatic rings. The smallest absolute Gasteiger partial charge is 0.338 e. The number of fused-ring (bicyclic) bond motifs is 1. The van der Waals surface area contributed by atoms with Crippen molar-refractivity contribution in [2.24, 2.45) is 0 Å². The zero-order chi connectivity index (χ0) is 13.8. The summed E-state index contributed by atoms with van der Waals surface area (Å²) in [4.78, 5) is 25.0. The minimum absolute atomic E-state index is 0.242. The van der Waals surface area contributed by atoms with Crippen LogP contribution in [0.1, 0.15) is 21.5 Å². The third-order valence-electron chi connectivity index (χ3n) is 3.34. The number of benzene rings is 1. The Balaban J connectivity index is 2.22. The summed E-state index contributed by atoms with van der Waals surface area (Å²) in [7, 11) is 2.75. The largest absolute Gasteiger partial charge is 0.468 e. The maximum absolute atomic E-state index is 11.7. The van der Waals surface area contributed by atoms with Gasteiger partial charge in [0, 0.05) is 13.1 Å². The van der Waals surface area contributed by atoms with Gasteiger partial charge in [-0.3, -0.25) is 9.69 Å². The number of carbonyl (C=O) groups excluding carboxylic acids is 2. The van der Waals surface area contributed by atoms with E-state index >= 15 is 0 Å². The van der Waals surface area contributed by atoms with Crippen molar-refractivity contribution in [3.05, 3.63) is 34.9 Å². The van der Waals surface area contributed by atoms with E-state index in [9.17, 15) is 9.59 Å². The molecule has 0 fully saturated rings. The van der Waals surface area contributed by atoms with Crippen molar-refractivity contribution in [3.63, 3.8) is 0 Å². The van der Waals surface area contributed by atoms with Crippen molar-refractivity contribution in [3.8, 4) is 0 Å². The summed E-state index contributed by atoms with van der Waals surface area (Å²) in [6.07, 6.45) is 0.817. The van der Waals surface area contributed by atoms with Gasteiger partial charge in [-0.25, -0.2) is 4.79 Å². The van der Waals surface area contributed by atoms with Gasteiger partial charge >= 0.3 is 11.9 Å². The van der Waals surface area contributed by atoms with Crippen molar-refractivity contribution >= 4 is 11.9 Å². The van der Waals surface area contributed by atoms with E-state index < -0.39 is 0 Å². The molecule has 2 rings (SSSR count). The highest BCUT2D eigenvalue weighted by atomic mass is 16.5. The Morgan fingerprint density at radius 3 is 2.74 bits per heavy atom. The molecule has 1 heterocycles. The number of hydrogen-bond donors (Lipinski definition) is 0. The maximum atomic E-state index is 11.7. The molecule has 19 heavy (non-hydrogen) atoms. The van der Waals surface area contributed by atoms with Crippen LogP contribution in [0.5, 0.6) is 0 Å². The molecule has 5 nitrogen and oxygen atoms in total. The van der Waals surface area contributed by atoms with Crippen LogP contribution in [0.3, 0.4) is 0 Å². The van der Waals surface area contributed by atoms with Crippen LogP contribution in [0.15, 0.2) is 18.2 Å². The van der Waals surface area contributed by atoms with Crippen LogP contribution in [0.2, 0.25) is 0 Å². The molecule has 0 radical (unpaired) electrons. The van der Waals surface area contributed by atoms with Crippen molar-refractivity contribution in [1.82, 2.24) is 4.90 Å². The standard InChI is InChI=1S/C14H17NO4/c1-18-13(16)9-15-7-6-10-4-3-5-11(12(10)8-15)14(17)19-2/h3-5H,6-9H2,1-2H3. The highest BCUT2D eigenvalue weighted by Crippen LogP contribution is 2.23. The number of nitrogens with zero attached hydrogens (tertiary/aromatic N) is 1. The van der Waals surface area contributed by atoms with Gasteiger partial charge in [0.1, 0.15) is 0 Å². The normalized spacial score (nSPS) is 14.6. The van der Waals surface area contributed by atoms with Crippen LogP contribution < -0.4 is 0 Å². The van der Waals surface area contributed by atoms with Crippen LogP contribution in [0.4, 0.5) is 0 Å². The molecule has 0 saturated carbocycles. The summed E-state index contributed by atoms with van der Waals surface area (Å²) < 4.78 is 9.46. The first-order valence-electron chi connectivity index (χ1n) is 6.14. The second-order valence-electron chi connectivity index (χ2n) is 4.47. The number of hydrogen-bond acceptors (Lipinski definition) is 5. The summed E-state index contributed by atoms with van der Waals surface area (Å²) in [6, 6.07) is 5.63. The summed E-state index contributed by atoms with van der Waals surface area (Å²) in [5.41, 5.74) is 2.67. The SMILES string of the molecule is COC(=O)CN1CCc2cccc(C(=O)OC)c2C1. The zero-order valence-corrected chi connectivity index (χ0v) is 11.1. The number of methoxy groups -OCH3 is 2. The molecule has 0 amide bonds. The van der Waals surface area contributed by atoms with Gasteiger partial charge in [-0.1, -0.05) is 12.1 Å². The monoisotopic (exact) mass is 263 g/mol. The summed E-state index contributed by atoms with van der Waals surface area (Å²) in [5.74, 6) is -0.601. The maximum Gasteiger partial charge on any atom is 0.338 e. The highest BCUT2D eigenvalue weighted by molar-refractivity contribution is 5.91. The molecule has 0 aliphatic carbocycles. The van der Waals surface area contributed by atoms with E-state index in [1.54, 1.807) is 6.07 Å². The second kappa shape index (κ2) is 5.84. The summed E-state index contributed by atoms with van der Waals surface area (Å²) in [6.45, 7) is 1.59. The lowest BCUT2D eigenvalue weighted by Crippen LogP contribution is -2.36. The van der Waals surface area contributed by atoms with Gasteiger partial charge in [0.25, 0.3) is 0 Å². The first-order chi connectivity index (χ1) is 9.15. The third-order valence-corrected chi connectivity index (χ3v) is 3.34. The molecular formula is C14H17NO4. The van der Waals surface area contributed by atoms with E-state index in [0.717, 1.165) is 24.1 Å². The quantitative estimate of drug-likeness (QED) is 0.762. The average Bonchev–Trinajstić information content (AvgIpc) is 2.45. The lowest BCUT2D eigenvalue weighted by Gasteiger charge is -2.28. The van der Waals surface area contributed by atoms with Gasteiger partial charge < -0.3 is 9.47 Å². The first kappa shape index (κ1) is 13.5. The average molecular weight is 263 g/mol. The molecule has 0 N–H and O–H groups in total. The Bertz CT molecular complexity index is 498. The minimum atomic E-state index is -0.336. The van der Waals surface area contributed by atoms with Gasteiger partial charge in [-0.05, 0) is 23.6 Å². The molecule has 0 unspecified atom stereocenters. The summed E-state index contributed by atoms with van der Waals surface area (Å²) in [5, 5.41) is 0. The lowest BCUT2D eigenvalue weighted by molar-refractivity contribution is -0.142. The van der Waals surface area contributed by atoms with E-state index in [0.29, 0.717) is 12.1 Å². The molecule has 1 aliphatic heterocycles. The van der Waals surface area contributed by atoms with E-state index in [4.69, 9.17) is 4.74 Å². The van der Waals surface area contributed by atoms with Gasteiger partial charge in [0.05, 0.1) is 26.3 Å². The van der Waals surface area contributed by atoms with Crippen molar-refractivity contribution in [2.75, 3.05) is 27.3 Å². The van der Waals surface area contributed by atoms with Crippen LogP contribution in [-0.2, 0) is 27.2 Å². The molecule has 102 valence electrons. The fraction of sp³-hybridized carbons (Fsp3) is 0.429. The van der Waals surface area contributed by atoms with Gasteiger partial charge in [0.15, 0.2) is 0 Å². The molecule has 5 heteroatoms. The van der Waals surface area contributed by atoms with E-state index in [1.165, 1.54) is 14.2 Å². The van der Waals surface area contributed by atoms with Gasteiger partial charge in [0.2, 0.25) is 0 Å². The Morgan fingerprint density at radius 1 is 1.26 bits per heavy atom. The van der Waals surface area contributed by atoms with Crippen LogP contribution in [0, 0.1) is 0 Å². The Morgan fingerprint density at radius 2 is 2.05 bits per heavy atom. The van der Waals surface area contributed by atoms with Crippen LogP contribution in [0.25, 0.3) is 0 Å². The Labute approximate surface area is 112 Å². The Kier molecular flexibility index (Phi) is 4.16. The molecule has 1 aromatic carbocycles. The topological polar surface area (TPSA) is 55.8 Å². The van der Waals surface area contributed by atoms with Gasteiger partial charge in [-0.15, -0.1) is 0 Å². The minimum Gasteiger partial charge on any atom is -0.468 e. The highest BCUT2D eigenvalue weighted by Gasteiger charge is 2.23. The molecule has 0 spiro atoms. The number of ether oxygens (including phenoxy) is 2. The first-order valence-corrected chi connectivity index (χ1v) is 6.14. The molecule has 1 aromatic rings. The number of rotatable bonds is 3. The van der Waals surface area contributed by atoms with Crippen molar-refractivity contribution in [2.45, 2.75) is 13.0 Å². The number of carbonyl (C=O) groups is 2. The summed E-state index contributed by atoms with van der Waals surface area (Å²) >= 11 is 0. The fourth-order valence-corrected chi connectivity index (χ4v) is 2.32. The van der Waals surface area contributed by atoms with Crippen LogP contribution >= 0.6 is 0 Å². The van der Waals surface area contributed by atoms with E-state index in [-0.39, 0.29) is 18.5 Å². The third kappa shape index (κ3) is 2.93.